The molecule has 2 N–H and O–H groups in total. The molecular formula is C20H27N3O2. The van der Waals surface area contributed by atoms with Crippen molar-refractivity contribution in [1.29, 1.82) is 0 Å². The zero-order valence-electron chi connectivity index (χ0n) is 15.0. The maximum Gasteiger partial charge on any atom is 0.225 e. The summed E-state index contributed by atoms with van der Waals surface area (Å²) in [7, 11) is 0. The predicted molar refractivity (Wildman–Crippen MR) is 99.2 cm³/mol. The number of aromatic nitrogens is 1. The molecular weight excluding hydrogens is 314 g/mol. The van der Waals surface area contributed by atoms with Gasteiger partial charge in [0.2, 0.25) is 11.8 Å². The minimum Gasteiger partial charge on any atom is -0.361 e. The van der Waals surface area contributed by atoms with E-state index < -0.39 is 0 Å². The Labute approximate surface area is 148 Å². The third-order valence-corrected chi connectivity index (χ3v) is 5.04. The van der Waals surface area contributed by atoms with Crippen molar-refractivity contribution < 1.29 is 9.59 Å². The second-order valence-corrected chi connectivity index (χ2v) is 7.15. The molecule has 0 saturated carbocycles. The number of benzene rings is 1. The van der Waals surface area contributed by atoms with Gasteiger partial charge < -0.3 is 15.2 Å². The number of hydrogen-bond acceptors (Lipinski definition) is 2. The molecule has 0 spiro atoms. The Kier molecular flexibility index (Phi) is 5.41. The number of hydrogen-bond donors (Lipinski definition) is 2. The molecule has 0 aliphatic carbocycles. The van der Waals surface area contributed by atoms with E-state index in [1.54, 1.807) is 0 Å². The summed E-state index contributed by atoms with van der Waals surface area (Å²) in [6.45, 7) is 5.87. The quantitative estimate of drug-likeness (QED) is 0.878. The van der Waals surface area contributed by atoms with Gasteiger partial charge in [0.15, 0.2) is 0 Å². The molecule has 1 aliphatic rings. The van der Waals surface area contributed by atoms with Crippen LogP contribution >= 0.6 is 0 Å². The second-order valence-electron chi connectivity index (χ2n) is 7.15. The van der Waals surface area contributed by atoms with Gasteiger partial charge in [-0.25, -0.2) is 0 Å². The summed E-state index contributed by atoms with van der Waals surface area (Å²) < 4.78 is 0. The SMILES string of the molecule is CC(C)C(=O)N1CCC(C(=O)NCCc2c[nH]c3ccccc23)CC1. The first-order valence-electron chi connectivity index (χ1n) is 9.17. The van der Waals surface area contributed by atoms with Crippen molar-refractivity contribution in [2.24, 2.45) is 11.8 Å². The van der Waals surface area contributed by atoms with Gasteiger partial charge in [-0.1, -0.05) is 32.0 Å². The highest BCUT2D eigenvalue weighted by Gasteiger charge is 2.27. The van der Waals surface area contributed by atoms with Crippen molar-refractivity contribution in [3.63, 3.8) is 0 Å². The number of H-pyrrole nitrogens is 1. The lowest BCUT2D eigenvalue weighted by molar-refractivity contribution is -0.138. The Balaban J connectivity index is 1.45. The molecule has 2 amide bonds. The van der Waals surface area contributed by atoms with E-state index in [0.29, 0.717) is 19.6 Å². The van der Waals surface area contributed by atoms with Gasteiger partial charge in [0.05, 0.1) is 0 Å². The van der Waals surface area contributed by atoms with Crippen LogP contribution < -0.4 is 5.32 Å². The van der Waals surface area contributed by atoms with Crippen molar-refractivity contribution in [3.8, 4) is 0 Å². The number of carbonyl (C=O) groups is 2. The predicted octanol–water partition coefficient (Wildman–Crippen LogP) is 2.72. The molecule has 0 unspecified atom stereocenters. The first-order valence-corrected chi connectivity index (χ1v) is 9.17. The summed E-state index contributed by atoms with van der Waals surface area (Å²) in [6, 6.07) is 8.21. The average molecular weight is 341 g/mol. The van der Waals surface area contributed by atoms with Crippen molar-refractivity contribution in [1.82, 2.24) is 15.2 Å². The summed E-state index contributed by atoms with van der Waals surface area (Å²) in [4.78, 5) is 29.5. The van der Waals surface area contributed by atoms with Gasteiger partial charge in [0.25, 0.3) is 0 Å². The largest absolute Gasteiger partial charge is 0.361 e. The molecule has 1 saturated heterocycles. The van der Waals surface area contributed by atoms with E-state index in [1.807, 2.05) is 37.1 Å². The lowest BCUT2D eigenvalue weighted by Gasteiger charge is -2.32. The first kappa shape index (κ1) is 17.5. The van der Waals surface area contributed by atoms with E-state index in [1.165, 1.54) is 10.9 Å². The van der Waals surface area contributed by atoms with E-state index in [-0.39, 0.29) is 23.7 Å². The van der Waals surface area contributed by atoms with Crippen LogP contribution in [0.15, 0.2) is 30.5 Å². The number of carbonyl (C=O) groups excluding carboxylic acids is 2. The van der Waals surface area contributed by atoms with Crippen molar-refractivity contribution in [3.05, 3.63) is 36.0 Å². The lowest BCUT2D eigenvalue weighted by atomic mass is 9.95. The van der Waals surface area contributed by atoms with Gasteiger partial charge in [-0.15, -0.1) is 0 Å². The van der Waals surface area contributed by atoms with Gasteiger partial charge >= 0.3 is 0 Å². The summed E-state index contributed by atoms with van der Waals surface area (Å²) in [5.74, 6) is 0.371. The minimum atomic E-state index is 0.0270. The summed E-state index contributed by atoms with van der Waals surface area (Å²) in [5, 5.41) is 4.29. The van der Waals surface area contributed by atoms with Crippen LogP contribution in [0.3, 0.4) is 0 Å². The van der Waals surface area contributed by atoms with E-state index in [0.717, 1.165) is 24.8 Å². The van der Waals surface area contributed by atoms with Crippen molar-refractivity contribution >= 4 is 22.7 Å². The average Bonchev–Trinajstić information content (AvgIpc) is 3.04. The molecule has 134 valence electrons. The summed E-state index contributed by atoms with van der Waals surface area (Å²) in [5.41, 5.74) is 2.36. The molecule has 1 fully saturated rings. The van der Waals surface area contributed by atoms with E-state index in [4.69, 9.17) is 0 Å². The molecule has 5 heteroatoms. The molecule has 1 aromatic carbocycles. The fourth-order valence-corrected chi connectivity index (χ4v) is 3.53. The Bertz CT molecular complexity index is 742. The number of amides is 2. The fourth-order valence-electron chi connectivity index (χ4n) is 3.53. The number of aromatic amines is 1. The Morgan fingerprint density at radius 3 is 2.68 bits per heavy atom. The number of fused-ring (bicyclic) bond motifs is 1. The van der Waals surface area contributed by atoms with Crippen LogP contribution in [-0.2, 0) is 16.0 Å². The summed E-state index contributed by atoms with van der Waals surface area (Å²) in [6.07, 6.45) is 4.36. The van der Waals surface area contributed by atoms with Gasteiger partial charge in [0.1, 0.15) is 0 Å². The first-order chi connectivity index (χ1) is 12.1. The molecule has 0 bridgehead atoms. The van der Waals surface area contributed by atoms with E-state index in [9.17, 15) is 9.59 Å². The molecule has 3 rings (SSSR count). The number of piperidine rings is 1. The van der Waals surface area contributed by atoms with Gasteiger partial charge in [-0.3, -0.25) is 9.59 Å². The number of nitrogens with one attached hydrogen (secondary N) is 2. The highest BCUT2D eigenvalue weighted by molar-refractivity contribution is 5.83. The van der Waals surface area contributed by atoms with Crippen LogP contribution in [0, 0.1) is 11.8 Å². The number of rotatable bonds is 5. The monoisotopic (exact) mass is 341 g/mol. The molecule has 2 heterocycles. The molecule has 0 atom stereocenters. The summed E-state index contributed by atoms with van der Waals surface area (Å²) >= 11 is 0. The molecule has 5 nitrogen and oxygen atoms in total. The van der Waals surface area contributed by atoms with Gasteiger partial charge in [-0.2, -0.15) is 0 Å². The molecule has 25 heavy (non-hydrogen) atoms. The van der Waals surface area contributed by atoms with Crippen molar-refractivity contribution in [2.45, 2.75) is 33.1 Å². The van der Waals surface area contributed by atoms with Crippen LogP contribution in [0.25, 0.3) is 10.9 Å². The normalized spacial score (nSPS) is 15.7. The van der Waals surface area contributed by atoms with Crippen LogP contribution in [-0.4, -0.2) is 41.3 Å². The number of nitrogens with zero attached hydrogens (tertiary/aromatic N) is 1. The Morgan fingerprint density at radius 1 is 1.24 bits per heavy atom. The van der Waals surface area contributed by atoms with Crippen molar-refractivity contribution in [2.75, 3.05) is 19.6 Å². The van der Waals surface area contributed by atoms with E-state index >= 15 is 0 Å². The maximum absolute atomic E-state index is 12.4. The highest BCUT2D eigenvalue weighted by atomic mass is 16.2. The third kappa shape index (κ3) is 4.03. The third-order valence-electron chi connectivity index (χ3n) is 5.04. The topological polar surface area (TPSA) is 65.2 Å². The minimum absolute atomic E-state index is 0.0270. The fraction of sp³-hybridized carbons (Fsp3) is 0.500. The molecule has 2 aromatic rings. The second kappa shape index (κ2) is 7.72. The van der Waals surface area contributed by atoms with Crippen LogP contribution in [0.5, 0.6) is 0 Å². The zero-order chi connectivity index (χ0) is 17.8. The zero-order valence-corrected chi connectivity index (χ0v) is 15.0. The standard InChI is InChI=1S/C20H27N3O2/c1-14(2)20(25)23-11-8-15(9-12-23)19(24)21-10-7-16-13-22-18-6-4-3-5-17(16)18/h3-6,13-15,22H,7-12H2,1-2H3,(H,21,24). The lowest BCUT2D eigenvalue weighted by Crippen LogP contribution is -2.44. The maximum atomic E-state index is 12.4. The van der Waals surface area contributed by atoms with Gasteiger partial charge in [0, 0.05) is 48.6 Å². The van der Waals surface area contributed by atoms with E-state index in [2.05, 4.69) is 22.4 Å². The molecule has 1 aliphatic heterocycles. The Hall–Kier alpha value is -2.30. The molecule has 1 aromatic heterocycles. The molecule has 0 radical (unpaired) electrons. The van der Waals surface area contributed by atoms with Crippen LogP contribution in [0.2, 0.25) is 0 Å². The number of para-hydroxylation sites is 1. The van der Waals surface area contributed by atoms with Crippen LogP contribution in [0.4, 0.5) is 0 Å². The van der Waals surface area contributed by atoms with Crippen LogP contribution in [0.1, 0.15) is 32.3 Å². The highest BCUT2D eigenvalue weighted by Crippen LogP contribution is 2.20. The Morgan fingerprint density at radius 2 is 1.96 bits per heavy atom. The van der Waals surface area contributed by atoms with Gasteiger partial charge in [-0.05, 0) is 30.9 Å². The number of likely N-dealkylation sites (tertiary alicyclic amines) is 1. The smallest absolute Gasteiger partial charge is 0.225 e.